The molecule has 1 N–H and O–H groups in total. The summed E-state index contributed by atoms with van der Waals surface area (Å²) in [5, 5.41) is 12.2. The zero-order chi connectivity index (χ0) is 24.0. The lowest BCUT2D eigenvalue weighted by atomic mass is 10.1. The molecule has 0 aliphatic rings. The van der Waals surface area contributed by atoms with Crippen LogP contribution < -0.4 is 10.1 Å². The third-order valence-electron chi connectivity index (χ3n) is 4.63. The lowest BCUT2D eigenvalue weighted by molar-refractivity contribution is -0.113. The Balaban J connectivity index is 1.58. The molecule has 0 saturated carbocycles. The molecular weight excluding hydrogens is 462 g/mol. The molecule has 1 aromatic carbocycles. The van der Waals surface area contributed by atoms with Crippen molar-refractivity contribution in [3.05, 3.63) is 45.7 Å². The van der Waals surface area contributed by atoms with E-state index in [1.807, 2.05) is 37.5 Å². The molecule has 176 valence electrons. The molecule has 2 aromatic heterocycles. The van der Waals surface area contributed by atoms with Gasteiger partial charge in [0.15, 0.2) is 16.1 Å². The Morgan fingerprint density at radius 1 is 1.18 bits per heavy atom. The average Bonchev–Trinajstić information content (AvgIpc) is 3.34. The molecule has 0 radical (unpaired) electrons. The third-order valence-corrected chi connectivity index (χ3v) is 6.65. The SMILES string of the molecule is CCOC(=O)c1sc(NC(=O)CSc2nnc(COc3ccc(C)cc3C)n2CC)nc1C. The van der Waals surface area contributed by atoms with Crippen LogP contribution in [0, 0.1) is 20.8 Å². The van der Waals surface area contributed by atoms with Crippen molar-refractivity contribution in [1.29, 1.82) is 0 Å². The number of benzene rings is 1. The van der Waals surface area contributed by atoms with Crippen molar-refractivity contribution in [3.8, 4) is 5.75 Å². The van der Waals surface area contributed by atoms with Gasteiger partial charge >= 0.3 is 5.97 Å². The van der Waals surface area contributed by atoms with Gasteiger partial charge in [-0.05, 0) is 46.2 Å². The largest absolute Gasteiger partial charge is 0.485 e. The number of nitrogens with zero attached hydrogens (tertiary/aromatic N) is 4. The van der Waals surface area contributed by atoms with Gasteiger partial charge in [0.05, 0.1) is 18.1 Å². The van der Waals surface area contributed by atoms with Crippen molar-refractivity contribution >= 4 is 40.1 Å². The first-order chi connectivity index (χ1) is 15.8. The Hall–Kier alpha value is -2.92. The molecule has 0 atom stereocenters. The number of carbonyl (C=O) groups is 2. The normalized spacial score (nSPS) is 10.8. The zero-order valence-electron chi connectivity index (χ0n) is 19.3. The van der Waals surface area contributed by atoms with Gasteiger partial charge in [0.25, 0.3) is 0 Å². The van der Waals surface area contributed by atoms with Gasteiger partial charge < -0.3 is 19.4 Å². The van der Waals surface area contributed by atoms with Crippen LogP contribution >= 0.6 is 23.1 Å². The van der Waals surface area contributed by atoms with E-state index in [-0.39, 0.29) is 24.9 Å². The van der Waals surface area contributed by atoms with E-state index in [0.717, 1.165) is 22.6 Å². The predicted molar refractivity (Wildman–Crippen MR) is 128 cm³/mol. The quantitative estimate of drug-likeness (QED) is 0.334. The Morgan fingerprint density at radius 3 is 2.67 bits per heavy atom. The molecule has 1 amide bonds. The standard InChI is InChI=1S/C22H27N5O4S2/c1-6-27-17(11-31-16-9-8-13(3)10-14(16)4)25-26-22(27)32-12-18(28)24-21-23-15(5)19(33-21)20(29)30-7-2/h8-10H,6-7,11-12H2,1-5H3,(H,23,24,28). The van der Waals surface area contributed by atoms with Crippen LogP contribution in [0.4, 0.5) is 5.13 Å². The molecule has 9 nitrogen and oxygen atoms in total. The Bertz CT molecular complexity index is 1140. The van der Waals surface area contributed by atoms with Crippen molar-refractivity contribution < 1.29 is 19.1 Å². The van der Waals surface area contributed by atoms with E-state index in [1.165, 1.54) is 17.3 Å². The number of amides is 1. The van der Waals surface area contributed by atoms with E-state index in [1.54, 1.807) is 13.8 Å². The second-order valence-corrected chi connectivity index (χ2v) is 9.13. The molecule has 0 aliphatic carbocycles. The van der Waals surface area contributed by atoms with Gasteiger partial charge in [0.1, 0.15) is 17.2 Å². The Morgan fingerprint density at radius 2 is 1.97 bits per heavy atom. The number of hydrogen-bond donors (Lipinski definition) is 1. The minimum absolute atomic E-state index is 0.128. The van der Waals surface area contributed by atoms with Gasteiger partial charge in [-0.15, -0.1) is 10.2 Å². The van der Waals surface area contributed by atoms with Gasteiger partial charge in [-0.1, -0.05) is 40.8 Å². The molecule has 11 heteroatoms. The highest BCUT2D eigenvalue weighted by molar-refractivity contribution is 7.99. The van der Waals surface area contributed by atoms with Crippen LogP contribution in [0.25, 0.3) is 0 Å². The maximum atomic E-state index is 12.4. The third kappa shape index (κ3) is 6.32. The fourth-order valence-electron chi connectivity index (χ4n) is 3.08. The van der Waals surface area contributed by atoms with Crippen molar-refractivity contribution in [2.24, 2.45) is 0 Å². The molecule has 0 aliphatic heterocycles. The lowest BCUT2D eigenvalue weighted by Crippen LogP contribution is -2.14. The second-order valence-electron chi connectivity index (χ2n) is 7.19. The number of anilines is 1. The molecule has 3 aromatic rings. The van der Waals surface area contributed by atoms with Crippen molar-refractivity contribution in [2.45, 2.75) is 52.9 Å². The summed E-state index contributed by atoms with van der Waals surface area (Å²) in [6.07, 6.45) is 0. The number of rotatable bonds is 10. The second kappa shape index (κ2) is 11.3. The van der Waals surface area contributed by atoms with Crippen molar-refractivity contribution in [3.63, 3.8) is 0 Å². The molecule has 2 heterocycles. The van der Waals surface area contributed by atoms with Crippen LogP contribution in [0.1, 0.15) is 46.2 Å². The van der Waals surface area contributed by atoms with Crippen LogP contribution in [0.3, 0.4) is 0 Å². The number of esters is 1. The fraction of sp³-hybridized carbons (Fsp3) is 0.409. The molecule has 0 unspecified atom stereocenters. The highest BCUT2D eigenvalue weighted by Crippen LogP contribution is 2.25. The van der Waals surface area contributed by atoms with Crippen LogP contribution in [0.5, 0.6) is 5.75 Å². The van der Waals surface area contributed by atoms with Gasteiger partial charge in [0, 0.05) is 6.54 Å². The number of carbonyl (C=O) groups excluding carboxylic acids is 2. The first kappa shape index (κ1) is 24.7. The smallest absolute Gasteiger partial charge is 0.350 e. The summed E-state index contributed by atoms with van der Waals surface area (Å²) >= 11 is 2.38. The maximum Gasteiger partial charge on any atom is 0.350 e. The number of thioether (sulfide) groups is 1. The molecule has 0 bridgehead atoms. The Labute approximate surface area is 200 Å². The first-order valence-corrected chi connectivity index (χ1v) is 12.3. The number of ether oxygens (including phenoxy) is 2. The number of aromatic nitrogens is 4. The molecule has 3 rings (SSSR count). The average molecular weight is 490 g/mol. The van der Waals surface area contributed by atoms with E-state index in [9.17, 15) is 9.59 Å². The van der Waals surface area contributed by atoms with E-state index >= 15 is 0 Å². The topological polar surface area (TPSA) is 108 Å². The Kier molecular flexibility index (Phi) is 8.45. The molecule has 0 fully saturated rings. The number of aryl methyl sites for hydroxylation is 3. The summed E-state index contributed by atoms with van der Waals surface area (Å²) in [5.41, 5.74) is 2.77. The minimum Gasteiger partial charge on any atom is -0.485 e. The van der Waals surface area contributed by atoms with Gasteiger partial charge in [-0.25, -0.2) is 9.78 Å². The van der Waals surface area contributed by atoms with E-state index in [2.05, 4.69) is 26.6 Å². The maximum absolute atomic E-state index is 12.4. The van der Waals surface area contributed by atoms with Gasteiger partial charge in [-0.3, -0.25) is 4.79 Å². The monoisotopic (exact) mass is 489 g/mol. The summed E-state index contributed by atoms with van der Waals surface area (Å²) in [4.78, 5) is 29.0. The molecular formula is C22H27N5O4S2. The van der Waals surface area contributed by atoms with Crippen molar-refractivity contribution in [1.82, 2.24) is 19.7 Å². The van der Waals surface area contributed by atoms with E-state index in [0.29, 0.717) is 33.2 Å². The zero-order valence-corrected chi connectivity index (χ0v) is 20.9. The van der Waals surface area contributed by atoms with E-state index in [4.69, 9.17) is 9.47 Å². The molecule has 0 saturated heterocycles. The summed E-state index contributed by atoms with van der Waals surface area (Å²) in [7, 11) is 0. The first-order valence-electron chi connectivity index (χ1n) is 10.5. The highest BCUT2D eigenvalue weighted by Gasteiger charge is 2.19. The van der Waals surface area contributed by atoms with Gasteiger partial charge in [-0.2, -0.15) is 0 Å². The number of nitrogens with one attached hydrogen (secondary N) is 1. The number of hydrogen-bond acceptors (Lipinski definition) is 9. The summed E-state index contributed by atoms with van der Waals surface area (Å²) in [6, 6.07) is 6.02. The summed E-state index contributed by atoms with van der Waals surface area (Å²) < 4.78 is 12.9. The fourth-order valence-corrected chi connectivity index (χ4v) is 4.77. The van der Waals surface area contributed by atoms with Crippen molar-refractivity contribution in [2.75, 3.05) is 17.7 Å². The number of thiazole rings is 1. The van der Waals surface area contributed by atoms with Gasteiger partial charge in [0.2, 0.25) is 5.91 Å². The predicted octanol–water partition coefficient (Wildman–Crippen LogP) is 4.17. The van der Waals surface area contributed by atoms with E-state index < -0.39 is 5.97 Å². The van der Waals surface area contributed by atoms with Crippen LogP contribution in [0.15, 0.2) is 23.4 Å². The molecule has 33 heavy (non-hydrogen) atoms. The molecule has 0 spiro atoms. The van der Waals surface area contributed by atoms with Crippen LogP contribution in [-0.2, 0) is 22.7 Å². The van der Waals surface area contributed by atoms with Crippen LogP contribution in [0.2, 0.25) is 0 Å². The summed E-state index contributed by atoms with van der Waals surface area (Å²) in [5.74, 6) is 0.941. The van der Waals surface area contributed by atoms with Crippen LogP contribution in [-0.4, -0.2) is 44.0 Å². The lowest BCUT2D eigenvalue weighted by Gasteiger charge is -2.11. The minimum atomic E-state index is -0.436. The summed E-state index contributed by atoms with van der Waals surface area (Å²) in [6.45, 7) is 10.7. The highest BCUT2D eigenvalue weighted by atomic mass is 32.2.